The number of carbonyl (C=O) groups is 6. The van der Waals surface area contributed by atoms with Crippen LogP contribution in [0, 0.1) is 29.6 Å². The van der Waals surface area contributed by atoms with Gasteiger partial charge in [0.15, 0.2) is 40.4 Å². The Morgan fingerprint density at radius 2 is 1.68 bits per heavy atom. The summed E-state index contributed by atoms with van der Waals surface area (Å²) >= 11 is 0. The van der Waals surface area contributed by atoms with Gasteiger partial charge >= 0.3 is 0 Å². The van der Waals surface area contributed by atoms with Crippen molar-refractivity contribution in [2.75, 3.05) is 14.1 Å². The van der Waals surface area contributed by atoms with E-state index in [0.717, 1.165) is 6.07 Å². The summed E-state index contributed by atoms with van der Waals surface area (Å²) < 4.78 is 0. The Hall–Kier alpha value is -3.28. The molecule has 0 spiro atoms. The van der Waals surface area contributed by atoms with E-state index >= 15 is 0 Å². The maximum atomic E-state index is 13.9. The predicted molar refractivity (Wildman–Crippen MR) is 127 cm³/mol. The van der Waals surface area contributed by atoms with Crippen LogP contribution in [0.25, 0.3) is 0 Å². The number of primary amides is 1. The van der Waals surface area contributed by atoms with Crippen LogP contribution in [0.2, 0.25) is 0 Å². The number of hydrogen-bond acceptors (Lipinski definition) is 10. The second-order valence-electron chi connectivity index (χ2n) is 10.8. The zero-order valence-corrected chi connectivity index (χ0v) is 21.1. The molecule has 2 fully saturated rings. The predicted octanol–water partition coefficient (Wildman–Crippen LogP) is -0.762. The van der Waals surface area contributed by atoms with Gasteiger partial charge in [-0.2, -0.15) is 0 Å². The summed E-state index contributed by atoms with van der Waals surface area (Å²) in [7, 11) is 2.84. The molecule has 0 heterocycles. The van der Waals surface area contributed by atoms with Crippen molar-refractivity contribution in [2.45, 2.75) is 44.4 Å². The number of aromatic hydroxyl groups is 1. The quantitative estimate of drug-likeness (QED) is 0.293. The molecule has 2 unspecified atom stereocenters. The van der Waals surface area contributed by atoms with Gasteiger partial charge < -0.3 is 21.1 Å². The number of aliphatic hydroxyl groups is 2. The lowest BCUT2D eigenvalue weighted by Gasteiger charge is -2.56. The summed E-state index contributed by atoms with van der Waals surface area (Å²) in [6, 6.07) is 1.09. The Morgan fingerprint density at radius 1 is 1.08 bits per heavy atom. The summed E-state index contributed by atoms with van der Waals surface area (Å²) in [5, 5.41) is 33.8. The van der Waals surface area contributed by atoms with Crippen LogP contribution in [-0.2, 0) is 19.2 Å². The molecule has 0 aliphatic heterocycles. The summed E-state index contributed by atoms with van der Waals surface area (Å²) in [5.41, 5.74) is 2.25. The minimum Gasteiger partial charge on any atom is -0.507 e. The third-order valence-corrected chi connectivity index (χ3v) is 8.26. The Balaban J connectivity index is 1.99. The largest absolute Gasteiger partial charge is 0.507 e. The van der Waals surface area contributed by atoms with Gasteiger partial charge in [-0.1, -0.05) is 20.8 Å². The van der Waals surface area contributed by atoms with Crippen LogP contribution in [-0.4, -0.2) is 86.9 Å². The topological polar surface area (TPSA) is 192 Å². The van der Waals surface area contributed by atoms with Crippen molar-refractivity contribution in [2.24, 2.45) is 35.3 Å². The maximum Gasteiger partial charge on any atom is 0.235 e. The van der Waals surface area contributed by atoms with Crippen molar-refractivity contribution >= 4 is 34.8 Å². The number of benzene rings is 1. The van der Waals surface area contributed by atoms with Crippen molar-refractivity contribution in [3.05, 3.63) is 28.8 Å². The van der Waals surface area contributed by atoms with Gasteiger partial charge in [-0.05, 0) is 37.7 Å². The van der Waals surface area contributed by atoms with E-state index in [1.54, 1.807) is 20.8 Å². The second kappa shape index (κ2) is 8.64. The second-order valence-corrected chi connectivity index (χ2v) is 10.8. The highest BCUT2D eigenvalue weighted by Crippen LogP contribution is 2.55. The molecule has 0 radical (unpaired) electrons. The van der Waals surface area contributed by atoms with Crippen LogP contribution in [0.3, 0.4) is 0 Å². The molecule has 4 rings (SSSR count). The normalized spacial score (nSPS) is 35.3. The number of nitrogens with zero attached hydrogens (tertiary/aromatic N) is 1. The standard InChI is InChI=1S/C26H30N2O9/c1-8(2)19(30)10-6-7-11(29)14-12(10)9(3)13-15(20(14)31)23(34)26(37)17(21(13)32)18(28(4)5)22(33)16(24(26)35)25(27)36/h6-9,13,15-18,21,29,32,37H,1-5H3,(H2,27,36)/t9-,13+,15?,16?,17+,18-,21-,26-/m0/s1. The first-order valence-electron chi connectivity index (χ1n) is 12.0. The number of phenols is 1. The minimum absolute atomic E-state index is 0.149. The molecule has 0 saturated heterocycles. The van der Waals surface area contributed by atoms with Crippen molar-refractivity contribution in [3.63, 3.8) is 0 Å². The van der Waals surface area contributed by atoms with E-state index in [9.17, 15) is 44.1 Å². The fraction of sp³-hybridized carbons (Fsp3) is 0.538. The van der Waals surface area contributed by atoms with Crippen LogP contribution in [0.1, 0.15) is 53.0 Å². The molecule has 3 aliphatic carbocycles. The zero-order valence-electron chi connectivity index (χ0n) is 21.1. The lowest BCUT2D eigenvalue weighted by molar-refractivity contribution is -0.196. The zero-order chi connectivity index (χ0) is 27.9. The number of phenolic OH excluding ortho intramolecular Hbond substituents is 1. The molecular formula is C26H30N2O9. The van der Waals surface area contributed by atoms with Gasteiger partial charge in [0, 0.05) is 17.4 Å². The number of hydrogen-bond donors (Lipinski definition) is 4. The van der Waals surface area contributed by atoms with Crippen LogP contribution < -0.4 is 5.73 Å². The number of likely N-dealkylation sites (N-methyl/N-ethyl adjacent to an activating group) is 1. The fourth-order valence-electron chi connectivity index (χ4n) is 6.59. The molecular weight excluding hydrogens is 484 g/mol. The highest BCUT2D eigenvalue weighted by atomic mass is 16.3. The van der Waals surface area contributed by atoms with E-state index in [0.29, 0.717) is 0 Å². The van der Waals surface area contributed by atoms with Crippen molar-refractivity contribution in [1.29, 1.82) is 0 Å². The molecule has 1 aromatic carbocycles. The minimum atomic E-state index is -3.06. The molecule has 0 aromatic heterocycles. The fourth-order valence-corrected chi connectivity index (χ4v) is 6.59. The van der Waals surface area contributed by atoms with Crippen LogP contribution in [0.5, 0.6) is 5.75 Å². The molecule has 5 N–H and O–H groups in total. The number of carbonyl (C=O) groups excluding carboxylic acids is 6. The highest BCUT2D eigenvalue weighted by molar-refractivity contribution is 6.32. The van der Waals surface area contributed by atoms with Gasteiger partial charge in [-0.25, -0.2) is 0 Å². The summed E-state index contributed by atoms with van der Waals surface area (Å²) in [6.45, 7) is 4.90. The summed E-state index contributed by atoms with van der Waals surface area (Å²) in [4.78, 5) is 80.5. The molecule has 0 bridgehead atoms. The lowest BCUT2D eigenvalue weighted by atomic mass is 9.49. The first-order valence-corrected chi connectivity index (χ1v) is 12.0. The first kappa shape index (κ1) is 26.8. The van der Waals surface area contributed by atoms with E-state index in [4.69, 9.17) is 5.73 Å². The van der Waals surface area contributed by atoms with Gasteiger partial charge in [0.2, 0.25) is 5.91 Å². The number of fused-ring (bicyclic) bond motifs is 3. The third-order valence-electron chi connectivity index (χ3n) is 8.26. The summed E-state index contributed by atoms with van der Waals surface area (Å²) in [5.74, 6) is -15.0. The first-order chi connectivity index (χ1) is 17.1. The third kappa shape index (κ3) is 3.37. The average Bonchev–Trinajstić information content (AvgIpc) is 2.80. The average molecular weight is 515 g/mol. The van der Waals surface area contributed by atoms with E-state index in [-0.39, 0.29) is 22.5 Å². The molecule has 11 nitrogen and oxygen atoms in total. The van der Waals surface area contributed by atoms with Crippen molar-refractivity contribution < 1.29 is 44.1 Å². The molecule has 1 aromatic rings. The van der Waals surface area contributed by atoms with Gasteiger partial charge in [0.25, 0.3) is 0 Å². The van der Waals surface area contributed by atoms with Crippen LogP contribution >= 0.6 is 0 Å². The molecule has 1 amide bonds. The Kier molecular flexibility index (Phi) is 6.25. The Bertz CT molecular complexity index is 1270. The number of rotatable bonds is 4. The van der Waals surface area contributed by atoms with E-state index in [1.807, 2.05) is 0 Å². The number of amides is 1. The molecule has 8 atom stereocenters. The molecule has 11 heteroatoms. The lowest BCUT2D eigenvalue weighted by Crippen LogP contribution is -2.77. The smallest absolute Gasteiger partial charge is 0.235 e. The SMILES string of the molecule is CC(C)C(=O)c1ccc(O)c2c1[C@H](C)[C@@H]1C(C2=O)C(=O)[C@]2(O)C(=O)C(C(N)=O)C(=O)[C@@H](N(C)C)[C@@H]2[C@H]1O. The van der Waals surface area contributed by atoms with E-state index in [1.165, 1.54) is 25.1 Å². The molecule has 37 heavy (non-hydrogen) atoms. The van der Waals surface area contributed by atoms with Crippen LogP contribution in [0.15, 0.2) is 12.1 Å². The number of aliphatic hydroxyl groups excluding tert-OH is 1. The Labute approximate surface area is 212 Å². The number of Topliss-reactive ketones (excluding diaryl/α,β-unsaturated/α-hetero) is 5. The van der Waals surface area contributed by atoms with E-state index < -0.39 is 88.0 Å². The molecule has 198 valence electrons. The van der Waals surface area contributed by atoms with Gasteiger partial charge in [-0.15, -0.1) is 0 Å². The number of ketones is 5. The molecule has 2 saturated carbocycles. The molecule has 3 aliphatic rings. The highest BCUT2D eigenvalue weighted by Gasteiger charge is 2.73. The number of nitrogens with two attached hydrogens (primary N) is 1. The van der Waals surface area contributed by atoms with Crippen molar-refractivity contribution in [1.82, 2.24) is 4.90 Å². The van der Waals surface area contributed by atoms with Gasteiger partial charge in [-0.3, -0.25) is 33.7 Å². The summed E-state index contributed by atoms with van der Waals surface area (Å²) in [6.07, 6.45) is -1.75. The van der Waals surface area contributed by atoms with Gasteiger partial charge in [0.1, 0.15) is 5.75 Å². The maximum absolute atomic E-state index is 13.9. The van der Waals surface area contributed by atoms with E-state index in [2.05, 4.69) is 0 Å². The van der Waals surface area contributed by atoms with Gasteiger partial charge in [0.05, 0.1) is 29.5 Å². The van der Waals surface area contributed by atoms with Crippen LogP contribution in [0.4, 0.5) is 0 Å². The monoisotopic (exact) mass is 514 g/mol. The Morgan fingerprint density at radius 3 is 2.19 bits per heavy atom. The van der Waals surface area contributed by atoms with Crippen molar-refractivity contribution in [3.8, 4) is 5.75 Å².